The molecular weight excluding hydrogens is 298 g/mol. The average molecular weight is 325 g/mol. The molecule has 2 heterocycles. The average Bonchev–Trinajstić information content (AvgIpc) is 2.75. The number of aliphatic hydroxyl groups is 1. The van der Waals surface area contributed by atoms with Crippen LogP contribution in [-0.2, 0) is 14.4 Å². The smallest absolute Gasteiger partial charge is 0.242 e. The maximum absolute atomic E-state index is 12.9. The van der Waals surface area contributed by atoms with Crippen molar-refractivity contribution in [3.63, 3.8) is 0 Å². The fraction of sp³-hybridized carbons (Fsp3) is 0.812. The summed E-state index contributed by atoms with van der Waals surface area (Å²) in [7, 11) is 0. The van der Waals surface area contributed by atoms with E-state index in [4.69, 9.17) is 5.73 Å². The molecule has 2 aliphatic heterocycles. The van der Waals surface area contributed by atoms with Crippen LogP contribution in [0, 0.1) is 11.3 Å². The van der Waals surface area contributed by atoms with Crippen molar-refractivity contribution in [2.24, 2.45) is 17.1 Å². The van der Waals surface area contributed by atoms with Crippen LogP contribution in [0.2, 0.25) is 0 Å². The van der Waals surface area contributed by atoms with Crippen molar-refractivity contribution in [1.82, 2.24) is 9.80 Å². The van der Waals surface area contributed by atoms with Crippen LogP contribution in [0.15, 0.2) is 0 Å². The van der Waals surface area contributed by atoms with E-state index in [0.717, 1.165) is 6.42 Å². The largest absolute Gasteiger partial charge is 0.391 e. The highest BCUT2D eigenvalue weighted by atomic mass is 16.3. The normalized spacial score (nSPS) is 27.6. The molecule has 0 aromatic heterocycles. The topological polar surface area (TPSA) is 104 Å². The van der Waals surface area contributed by atoms with Crippen LogP contribution in [0.3, 0.4) is 0 Å². The zero-order valence-electron chi connectivity index (χ0n) is 14.1. The summed E-state index contributed by atoms with van der Waals surface area (Å²) in [5.41, 5.74) is 4.72. The second-order valence-corrected chi connectivity index (χ2v) is 7.13. The summed E-state index contributed by atoms with van der Waals surface area (Å²) in [5.74, 6) is -0.911. The highest BCUT2D eigenvalue weighted by Crippen LogP contribution is 2.41. The van der Waals surface area contributed by atoms with Gasteiger partial charge in [0.05, 0.1) is 11.5 Å². The number of carbonyl (C=O) groups is 3. The Hall–Kier alpha value is -1.63. The molecule has 3 amide bonds. The van der Waals surface area contributed by atoms with Gasteiger partial charge in [-0.25, -0.2) is 0 Å². The molecule has 0 radical (unpaired) electrons. The van der Waals surface area contributed by atoms with E-state index in [0.29, 0.717) is 32.5 Å². The van der Waals surface area contributed by atoms with E-state index < -0.39 is 23.5 Å². The number of amides is 3. The van der Waals surface area contributed by atoms with Crippen LogP contribution in [-0.4, -0.2) is 64.4 Å². The number of nitrogens with two attached hydrogens (primary N) is 1. The van der Waals surface area contributed by atoms with Crippen LogP contribution in [0.1, 0.15) is 40.0 Å². The molecule has 130 valence electrons. The van der Waals surface area contributed by atoms with Gasteiger partial charge in [0.1, 0.15) is 6.04 Å². The number of hydrogen-bond acceptors (Lipinski definition) is 4. The first-order valence-electron chi connectivity index (χ1n) is 8.27. The van der Waals surface area contributed by atoms with Crippen molar-refractivity contribution in [2.75, 3.05) is 19.6 Å². The van der Waals surface area contributed by atoms with E-state index in [1.165, 1.54) is 11.8 Å². The highest BCUT2D eigenvalue weighted by Gasteiger charge is 2.52. The Balaban J connectivity index is 2.19. The van der Waals surface area contributed by atoms with Crippen LogP contribution < -0.4 is 5.73 Å². The van der Waals surface area contributed by atoms with Gasteiger partial charge in [0.15, 0.2) is 0 Å². The third-order valence-corrected chi connectivity index (χ3v) is 5.01. The molecule has 0 bridgehead atoms. The molecule has 2 aliphatic rings. The molecule has 2 saturated heterocycles. The Morgan fingerprint density at radius 3 is 2.39 bits per heavy atom. The maximum Gasteiger partial charge on any atom is 0.242 e. The molecule has 0 aliphatic carbocycles. The molecular formula is C16H27N3O4. The second kappa shape index (κ2) is 6.47. The molecule has 1 unspecified atom stereocenters. The summed E-state index contributed by atoms with van der Waals surface area (Å²) >= 11 is 0. The zero-order chi connectivity index (χ0) is 17.4. The third-order valence-electron chi connectivity index (χ3n) is 5.01. The lowest BCUT2D eigenvalue weighted by Gasteiger charge is -2.40. The minimum Gasteiger partial charge on any atom is -0.391 e. The van der Waals surface area contributed by atoms with Crippen molar-refractivity contribution in [3.8, 4) is 0 Å². The molecule has 7 heteroatoms. The van der Waals surface area contributed by atoms with Gasteiger partial charge in [-0.2, -0.15) is 0 Å². The lowest BCUT2D eigenvalue weighted by Crippen LogP contribution is -2.55. The monoisotopic (exact) mass is 325 g/mol. The molecule has 3 atom stereocenters. The zero-order valence-corrected chi connectivity index (χ0v) is 14.1. The fourth-order valence-corrected chi connectivity index (χ4v) is 3.83. The Labute approximate surface area is 136 Å². The Bertz CT molecular complexity index is 506. The minimum atomic E-state index is -1.01. The van der Waals surface area contributed by atoms with E-state index in [2.05, 4.69) is 0 Å². The van der Waals surface area contributed by atoms with Gasteiger partial charge in [0, 0.05) is 25.6 Å². The molecule has 2 rings (SSSR count). The van der Waals surface area contributed by atoms with Crippen LogP contribution in [0.25, 0.3) is 0 Å². The quantitative estimate of drug-likeness (QED) is 0.741. The van der Waals surface area contributed by atoms with E-state index in [9.17, 15) is 19.5 Å². The van der Waals surface area contributed by atoms with Crippen LogP contribution >= 0.6 is 0 Å². The third kappa shape index (κ3) is 3.20. The molecule has 0 aromatic rings. The number of rotatable bonds is 4. The van der Waals surface area contributed by atoms with Crippen molar-refractivity contribution >= 4 is 17.7 Å². The van der Waals surface area contributed by atoms with E-state index in [1.54, 1.807) is 4.90 Å². The predicted octanol–water partition coefficient (Wildman–Crippen LogP) is -0.282. The van der Waals surface area contributed by atoms with Gasteiger partial charge >= 0.3 is 0 Å². The first kappa shape index (κ1) is 17.7. The van der Waals surface area contributed by atoms with Gasteiger partial charge in [-0.3, -0.25) is 14.4 Å². The summed E-state index contributed by atoms with van der Waals surface area (Å²) < 4.78 is 0. The number of nitrogens with zero attached hydrogens (tertiary/aromatic N) is 2. The summed E-state index contributed by atoms with van der Waals surface area (Å²) in [5, 5.41) is 9.80. The summed E-state index contributed by atoms with van der Waals surface area (Å²) in [6, 6.07) is -1.00. The van der Waals surface area contributed by atoms with Gasteiger partial charge in [-0.15, -0.1) is 0 Å². The van der Waals surface area contributed by atoms with Gasteiger partial charge in [-0.1, -0.05) is 13.8 Å². The van der Waals surface area contributed by atoms with Crippen molar-refractivity contribution < 1.29 is 19.5 Å². The van der Waals surface area contributed by atoms with E-state index in [1.807, 2.05) is 13.8 Å². The Kier molecular flexibility index (Phi) is 4.98. The molecule has 0 aromatic carbocycles. The van der Waals surface area contributed by atoms with Crippen molar-refractivity contribution in [2.45, 2.75) is 52.2 Å². The summed E-state index contributed by atoms with van der Waals surface area (Å²) in [6.45, 7) is 6.61. The summed E-state index contributed by atoms with van der Waals surface area (Å²) in [6.07, 6.45) is 1.05. The minimum absolute atomic E-state index is 0.0531. The van der Waals surface area contributed by atoms with Gasteiger partial charge in [-0.05, 0) is 26.2 Å². The Morgan fingerprint density at radius 2 is 1.87 bits per heavy atom. The number of piperidine rings is 1. The summed E-state index contributed by atoms with van der Waals surface area (Å²) in [4.78, 5) is 40.0. The van der Waals surface area contributed by atoms with Gasteiger partial charge in [0.25, 0.3) is 0 Å². The van der Waals surface area contributed by atoms with Crippen LogP contribution in [0.5, 0.6) is 0 Å². The fourth-order valence-electron chi connectivity index (χ4n) is 3.83. The molecule has 7 nitrogen and oxygen atoms in total. The SMILES string of the molecule is CC(C)C(=O)N1CCCC2(CCN([C@H](C(N)=O)[C@@H](C)O)C2=O)C1. The molecule has 2 fully saturated rings. The lowest BCUT2D eigenvalue weighted by atomic mass is 9.78. The first-order chi connectivity index (χ1) is 10.7. The van der Waals surface area contributed by atoms with E-state index >= 15 is 0 Å². The van der Waals surface area contributed by atoms with Crippen LogP contribution in [0.4, 0.5) is 0 Å². The second-order valence-electron chi connectivity index (χ2n) is 7.13. The van der Waals surface area contributed by atoms with Crippen molar-refractivity contribution in [1.29, 1.82) is 0 Å². The number of carbonyl (C=O) groups excluding carboxylic acids is 3. The Morgan fingerprint density at radius 1 is 1.22 bits per heavy atom. The van der Waals surface area contributed by atoms with Gasteiger partial charge in [0.2, 0.25) is 17.7 Å². The number of primary amides is 1. The van der Waals surface area contributed by atoms with E-state index in [-0.39, 0.29) is 17.7 Å². The maximum atomic E-state index is 12.9. The molecule has 0 saturated carbocycles. The lowest BCUT2D eigenvalue weighted by molar-refractivity contribution is -0.150. The van der Waals surface area contributed by atoms with Crippen molar-refractivity contribution in [3.05, 3.63) is 0 Å². The first-order valence-corrected chi connectivity index (χ1v) is 8.27. The van der Waals surface area contributed by atoms with Gasteiger partial charge < -0.3 is 20.6 Å². The molecule has 1 spiro atoms. The highest BCUT2D eigenvalue weighted by molar-refractivity contribution is 5.92. The molecule has 23 heavy (non-hydrogen) atoms. The standard InChI is InChI=1S/C16H27N3O4/c1-10(2)14(22)18-7-4-5-16(9-18)6-8-19(15(16)23)12(11(3)20)13(17)21/h10-12,20H,4-9H2,1-3H3,(H2,17,21)/t11-,12+,16?/m1/s1. The number of hydrogen-bond donors (Lipinski definition) is 2. The molecule has 3 N–H and O–H groups in total. The predicted molar refractivity (Wildman–Crippen MR) is 84.1 cm³/mol. The number of aliphatic hydroxyl groups excluding tert-OH is 1. The number of likely N-dealkylation sites (tertiary alicyclic amines) is 2.